The van der Waals surface area contributed by atoms with Crippen molar-refractivity contribution in [2.75, 3.05) is 0 Å². The Hall–Kier alpha value is 0.250. The van der Waals surface area contributed by atoms with E-state index in [2.05, 4.69) is 6.92 Å². The zero-order chi connectivity index (χ0) is 6.69. The summed E-state index contributed by atoms with van der Waals surface area (Å²) in [6.45, 7) is 2.13. The van der Waals surface area contributed by atoms with Crippen LogP contribution in [-0.2, 0) is 0 Å². The van der Waals surface area contributed by atoms with Crippen molar-refractivity contribution < 1.29 is 0 Å². The summed E-state index contributed by atoms with van der Waals surface area (Å²) in [6, 6.07) is 0.435. The Morgan fingerprint density at radius 1 is 1.20 bits per heavy atom. The molecule has 0 radical (unpaired) electrons. The Labute approximate surface area is 69.8 Å². The molecule has 1 saturated carbocycles. The van der Waals surface area contributed by atoms with Crippen molar-refractivity contribution in [2.45, 2.75) is 45.1 Å². The molecule has 2 heteroatoms. The molecular weight excluding hydrogens is 146 g/mol. The van der Waals surface area contributed by atoms with Crippen molar-refractivity contribution in [1.29, 1.82) is 0 Å². The molecular formula is C8H18ClN. The van der Waals surface area contributed by atoms with Crippen molar-refractivity contribution in [2.24, 2.45) is 11.7 Å². The molecule has 0 unspecified atom stereocenters. The monoisotopic (exact) mass is 163 g/mol. The molecule has 0 bridgehead atoms. The predicted molar refractivity (Wildman–Crippen MR) is 47.5 cm³/mol. The van der Waals surface area contributed by atoms with Gasteiger partial charge >= 0.3 is 0 Å². The molecule has 1 rings (SSSR count). The first kappa shape index (κ1) is 10.2. The molecule has 0 amide bonds. The zero-order valence-corrected chi connectivity index (χ0v) is 7.49. The third kappa shape index (κ3) is 2.89. The maximum absolute atomic E-state index is 5.77. The van der Waals surface area contributed by atoms with Gasteiger partial charge in [-0.2, -0.15) is 0 Å². The highest BCUT2D eigenvalue weighted by molar-refractivity contribution is 5.85. The molecule has 1 fully saturated rings. The number of halogens is 1. The quantitative estimate of drug-likeness (QED) is 0.631. The van der Waals surface area contributed by atoms with Gasteiger partial charge in [0.1, 0.15) is 0 Å². The second-order valence-corrected chi connectivity index (χ2v) is 3.26. The van der Waals surface area contributed by atoms with E-state index in [0.29, 0.717) is 6.04 Å². The van der Waals surface area contributed by atoms with Crippen molar-refractivity contribution in [1.82, 2.24) is 0 Å². The van der Waals surface area contributed by atoms with Crippen LogP contribution in [-0.4, -0.2) is 6.04 Å². The predicted octanol–water partition coefficient (Wildman–Crippen LogP) is 2.34. The van der Waals surface area contributed by atoms with E-state index in [1.54, 1.807) is 0 Å². The van der Waals surface area contributed by atoms with Gasteiger partial charge in [0.25, 0.3) is 0 Å². The molecule has 0 spiro atoms. The fraction of sp³-hybridized carbons (Fsp3) is 1.00. The molecule has 0 aromatic carbocycles. The minimum Gasteiger partial charge on any atom is -0.328 e. The van der Waals surface area contributed by atoms with Crippen LogP contribution in [0.25, 0.3) is 0 Å². The summed E-state index contributed by atoms with van der Waals surface area (Å²) < 4.78 is 0. The van der Waals surface area contributed by atoms with Crippen LogP contribution in [0.2, 0.25) is 0 Å². The van der Waals surface area contributed by atoms with Gasteiger partial charge in [-0.15, -0.1) is 12.4 Å². The fourth-order valence-electron chi connectivity index (χ4n) is 1.66. The Morgan fingerprint density at radius 3 is 2.00 bits per heavy atom. The molecule has 10 heavy (non-hydrogen) atoms. The second kappa shape index (κ2) is 4.97. The van der Waals surface area contributed by atoms with Gasteiger partial charge in [0.05, 0.1) is 0 Å². The van der Waals surface area contributed by atoms with Crippen molar-refractivity contribution in [3.05, 3.63) is 0 Å². The normalized spacial score (nSPS) is 23.4. The summed E-state index contributed by atoms with van der Waals surface area (Å²) in [5.41, 5.74) is 5.77. The SMILES string of the molecule is C[C@@H](N)C1CCCCC1.Cl. The topological polar surface area (TPSA) is 26.0 Å². The molecule has 0 aromatic rings. The van der Waals surface area contributed by atoms with Gasteiger partial charge in [-0.1, -0.05) is 19.3 Å². The number of hydrogen-bond acceptors (Lipinski definition) is 1. The van der Waals surface area contributed by atoms with Gasteiger partial charge in [0.15, 0.2) is 0 Å². The maximum Gasteiger partial charge on any atom is 0.00387 e. The smallest absolute Gasteiger partial charge is 0.00387 e. The minimum absolute atomic E-state index is 0. The van der Waals surface area contributed by atoms with E-state index in [4.69, 9.17) is 5.73 Å². The van der Waals surface area contributed by atoms with E-state index in [1.807, 2.05) is 0 Å². The van der Waals surface area contributed by atoms with E-state index in [0.717, 1.165) is 5.92 Å². The number of rotatable bonds is 1. The van der Waals surface area contributed by atoms with Crippen LogP contribution in [0, 0.1) is 5.92 Å². The first-order valence-corrected chi connectivity index (χ1v) is 4.06. The van der Waals surface area contributed by atoms with E-state index < -0.39 is 0 Å². The molecule has 0 saturated heterocycles. The average Bonchev–Trinajstić information content (AvgIpc) is 1.90. The highest BCUT2D eigenvalue weighted by Crippen LogP contribution is 2.25. The van der Waals surface area contributed by atoms with E-state index in [9.17, 15) is 0 Å². The molecule has 62 valence electrons. The third-order valence-corrected chi connectivity index (χ3v) is 2.39. The summed E-state index contributed by atoms with van der Waals surface area (Å²) >= 11 is 0. The molecule has 1 aliphatic carbocycles. The largest absolute Gasteiger partial charge is 0.328 e. The highest BCUT2D eigenvalue weighted by Gasteiger charge is 2.16. The molecule has 1 nitrogen and oxygen atoms in total. The summed E-state index contributed by atoms with van der Waals surface area (Å²) in [4.78, 5) is 0. The first-order valence-electron chi connectivity index (χ1n) is 4.06. The minimum atomic E-state index is 0. The molecule has 1 atom stereocenters. The maximum atomic E-state index is 5.77. The molecule has 1 aliphatic rings. The van der Waals surface area contributed by atoms with Crippen molar-refractivity contribution >= 4 is 12.4 Å². The first-order chi connectivity index (χ1) is 4.30. The third-order valence-electron chi connectivity index (χ3n) is 2.39. The van der Waals surface area contributed by atoms with E-state index >= 15 is 0 Å². The van der Waals surface area contributed by atoms with E-state index in [-0.39, 0.29) is 12.4 Å². The second-order valence-electron chi connectivity index (χ2n) is 3.26. The van der Waals surface area contributed by atoms with Gasteiger partial charge in [-0.25, -0.2) is 0 Å². The molecule has 2 N–H and O–H groups in total. The average molecular weight is 164 g/mol. The Balaban J connectivity index is 0.000000810. The van der Waals surface area contributed by atoms with Gasteiger partial charge in [-0.05, 0) is 25.7 Å². The van der Waals surface area contributed by atoms with Crippen LogP contribution in [0.3, 0.4) is 0 Å². The summed E-state index contributed by atoms with van der Waals surface area (Å²) in [5.74, 6) is 0.832. The Bertz CT molecular complexity index is 77.3. The summed E-state index contributed by atoms with van der Waals surface area (Å²) in [5, 5.41) is 0. The Kier molecular flexibility index (Phi) is 5.10. The van der Waals surface area contributed by atoms with Gasteiger partial charge in [0.2, 0.25) is 0 Å². The van der Waals surface area contributed by atoms with Crippen LogP contribution in [0.15, 0.2) is 0 Å². The highest BCUT2D eigenvalue weighted by atomic mass is 35.5. The lowest BCUT2D eigenvalue weighted by Gasteiger charge is -2.24. The van der Waals surface area contributed by atoms with Crippen LogP contribution in [0.1, 0.15) is 39.0 Å². The Morgan fingerprint density at radius 2 is 1.70 bits per heavy atom. The van der Waals surface area contributed by atoms with Gasteiger partial charge in [-0.3, -0.25) is 0 Å². The van der Waals surface area contributed by atoms with Gasteiger partial charge < -0.3 is 5.73 Å². The van der Waals surface area contributed by atoms with E-state index in [1.165, 1.54) is 32.1 Å². The summed E-state index contributed by atoms with van der Waals surface area (Å²) in [6.07, 6.45) is 7.00. The standard InChI is InChI=1S/C8H17N.ClH/c1-7(9)8-5-3-2-4-6-8;/h7-8H,2-6,9H2,1H3;1H/t7-;/m1./s1. The van der Waals surface area contributed by atoms with Crippen molar-refractivity contribution in [3.63, 3.8) is 0 Å². The fourth-order valence-corrected chi connectivity index (χ4v) is 1.66. The zero-order valence-electron chi connectivity index (χ0n) is 6.68. The lowest BCUT2D eigenvalue weighted by molar-refractivity contribution is 0.316. The summed E-state index contributed by atoms with van der Waals surface area (Å²) in [7, 11) is 0. The van der Waals surface area contributed by atoms with Crippen molar-refractivity contribution in [3.8, 4) is 0 Å². The molecule has 0 aromatic heterocycles. The molecule has 0 heterocycles. The van der Waals surface area contributed by atoms with Crippen LogP contribution in [0.4, 0.5) is 0 Å². The van der Waals surface area contributed by atoms with Crippen LogP contribution >= 0.6 is 12.4 Å². The van der Waals surface area contributed by atoms with Crippen LogP contribution in [0.5, 0.6) is 0 Å². The molecule has 0 aliphatic heterocycles. The van der Waals surface area contributed by atoms with Crippen LogP contribution < -0.4 is 5.73 Å². The number of hydrogen-bond donors (Lipinski definition) is 1. The lowest BCUT2D eigenvalue weighted by atomic mass is 9.85. The van der Waals surface area contributed by atoms with Gasteiger partial charge in [0, 0.05) is 6.04 Å². The lowest BCUT2D eigenvalue weighted by Crippen LogP contribution is -2.27. The number of nitrogens with two attached hydrogens (primary N) is 1.